The molecule has 0 radical (unpaired) electrons. The Labute approximate surface area is 306 Å². The zero-order valence-corrected chi connectivity index (χ0v) is 30.1. The maximum absolute atomic E-state index is 13.5. The van der Waals surface area contributed by atoms with Crippen LogP contribution in [0.3, 0.4) is 0 Å². The number of carboxylic acids is 2. The van der Waals surface area contributed by atoms with E-state index in [-0.39, 0.29) is 37.4 Å². The molecule has 1 aromatic carbocycles. The first-order valence-electron chi connectivity index (χ1n) is 16.5. The fourth-order valence-electron chi connectivity index (χ4n) is 5.27. The van der Waals surface area contributed by atoms with E-state index in [4.69, 9.17) is 0 Å². The van der Waals surface area contributed by atoms with Gasteiger partial charge in [-0.2, -0.15) is 12.6 Å². The van der Waals surface area contributed by atoms with Gasteiger partial charge in [0, 0.05) is 44.6 Å². The number of Topliss-reactive ketones (excluding diaryl/α,β-unsaturated/α-hetero) is 1. The Morgan fingerprint density at radius 3 is 1.75 bits per heavy atom. The summed E-state index contributed by atoms with van der Waals surface area (Å²) in [5.74, 6) is -7.48. The molecule has 0 aliphatic heterocycles. The number of thiol groups is 1. The SMILES string of the molecule is CC(=O)N[C@@H](Cc1cccnc1)C(=O)N[C@@H](CC(=O)O)C(=O)N[C@H](CC(=O)N[C@@H](Cc1ccccc1)C(=O)N[C@@H](CC(=O)O)C(=O)CS)CC(C)C. The summed E-state index contributed by atoms with van der Waals surface area (Å²) in [6, 6.07) is 5.69. The number of aromatic nitrogens is 1. The van der Waals surface area contributed by atoms with Crippen LogP contribution >= 0.6 is 12.6 Å². The van der Waals surface area contributed by atoms with Gasteiger partial charge in [0.05, 0.1) is 24.6 Å². The predicted octanol–water partition coefficient (Wildman–Crippen LogP) is 0.195. The van der Waals surface area contributed by atoms with Gasteiger partial charge in [-0.05, 0) is 29.5 Å². The average Bonchev–Trinajstić information content (AvgIpc) is 3.06. The minimum atomic E-state index is -1.58. The summed E-state index contributed by atoms with van der Waals surface area (Å²) in [5.41, 5.74) is 1.25. The van der Waals surface area contributed by atoms with E-state index in [0.717, 1.165) is 0 Å². The molecule has 0 spiro atoms. The Morgan fingerprint density at radius 2 is 1.21 bits per heavy atom. The van der Waals surface area contributed by atoms with E-state index in [1.165, 1.54) is 19.3 Å². The fourth-order valence-corrected chi connectivity index (χ4v) is 5.49. The molecule has 282 valence electrons. The molecule has 0 aliphatic carbocycles. The second kappa shape index (κ2) is 21.8. The van der Waals surface area contributed by atoms with Crippen molar-refractivity contribution in [2.24, 2.45) is 5.92 Å². The van der Waals surface area contributed by atoms with Crippen LogP contribution in [0.2, 0.25) is 0 Å². The van der Waals surface area contributed by atoms with Gasteiger partial charge in [0.15, 0.2) is 5.78 Å². The van der Waals surface area contributed by atoms with Crippen LogP contribution in [0.15, 0.2) is 54.9 Å². The molecule has 0 unspecified atom stereocenters. The third-order valence-electron chi connectivity index (χ3n) is 7.58. The Kier molecular flexibility index (Phi) is 18.0. The molecule has 5 amide bonds. The predicted molar refractivity (Wildman–Crippen MR) is 191 cm³/mol. The minimum Gasteiger partial charge on any atom is -0.481 e. The Bertz CT molecular complexity index is 1560. The maximum Gasteiger partial charge on any atom is 0.305 e. The van der Waals surface area contributed by atoms with Crippen LogP contribution in [0.4, 0.5) is 0 Å². The highest BCUT2D eigenvalue weighted by Crippen LogP contribution is 2.12. The van der Waals surface area contributed by atoms with Crippen LogP contribution in [0.25, 0.3) is 0 Å². The third kappa shape index (κ3) is 16.1. The molecule has 52 heavy (non-hydrogen) atoms. The molecule has 7 N–H and O–H groups in total. The molecule has 0 saturated heterocycles. The van der Waals surface area contributed by atoms with Crippen LogP contribution in [-0.2, 0) is 51.2 Å². The number of amides is 5. The molecule has 2 rings (SSSR count). The summed E-state index contributed by atoms with van der Waals surface area (Å²) in [4.78, 5) is 105. The molecule has 1 aromatic heterocycles. The topological polar surface area (TPSA) is 250 Å². The van der Waals surface area contributed by atoms with Crippen molar-refractivity contribution < 1.29 is 48.6 Å². The number of carbonyl (C=O) groups excluding carboxylic acids is 6. The van der Waals surface area contributed by atoms with E-state index < -0.39 is 90.3 Å². The molecule has 0 fully saturated rings. The fraction of sp³-hybridized carbons (Fsp3) is 0.457. The number of benzene rings is 1. The average molecular weight is 743 g/mol. The normalized spacial score (nSPS) is 13.7. The van der Waals surface area contributed by atoms with Crippen molar-refractivity contribution in [1.29, 1.82) is 0 Å². The van der Waals surface area contributed by atoms with Crippen LogP contribution in [0, 0.1) is 5.92 Å². The number of pyridine rings is 1. The summed E-state index contributed by atoms with van der Waals surface area (Å²) < 4.78 is 0. The molecule has 0 saturated carbocycles. The lowest BCUT2D eigenvalue weighted by Crippen LogP contribution is -2.56. The molecule has 5 atom stereocenters. The number of nitrogens with zero attached hydrogens (tertiary/aromatic N) is 1. The van der Waals surface area contributed by atoms with Gasteiger partial charge in [-0.15, -0.1) is 0 Å². The Hall–Kier alpha value is -5.32. The molecule has 0 aliphatic rings. The van der Waals surface area contributed by atoms with Gasteiger partial charge in [-0.25, -0.2) is 0 Å². The van der Waals surface area contributed by atoms with E-state index >= 15 is 0 Å². The zero-order valence-electron chi connectivity index (χ0n) is 29.2. The first kappa shape index (κ1) is 42.8. The van der Waals surface area contributed by atoms with Crippen molar-refractivity contribution in [3.8, 4) is 0 Å². The quantitative estimate of drug-likeness (QED) is 0.0757. The molecule has 16 nitrogen and oxygen atoms in total. The molecule has 17 heteroatoms. The molecule has 1 heterocycles. The lowest BCUT2D eigenvalue weighted by atomic mass is 9.99. The van der Waals surface area contributed by atoms with Gasteiger partial charge in [0.2, 0.25) is 29.5 Å². The maximum atomic E-state index is 13.5. The lowest BCUT2D eigenvalue weighted by Gasteiger charge is -2.26. The summed E-state index contributed by atoms with van der Waals surface area (Å²) in [5, 5.41) is 31.4. The highest BCUT2D eigenvalue weighted by atomic mass is 32.1. The number of rotatable bonds is 22. The highest BCUT2D eigenvalue weighted by Gasteiger charge is 2.32. The largest absolute Gasteiger partial charge is 0.481 e. The first-order chi connectivity index (χ1) is 24.6. The summed E-state index contributed by atoms with van der Waals surface area (Å²) in [6.45, 7) is 4.87. The van der Waals surface area contributed by atoms with Crippen molar-refractivity contribution in [2.45, 2.75) is 89.5 Å². The monoisotopic (exact) mass is 742 g/mol. The summed E-state index contributed by atoms with van der Waals surface area (Å²) in [7, 11) is 0. The van der Waals surface area contributed by atoms with Gasteiger partial charge in [-0.1, -0.05) is 50.2 Å². The number of carboxylic acid groups (broad SMARTS) is 2. The van der Waals surface area contributed by atoms with Gasteiger partial charge in [0.25, 0.3) is 0 Å². The smallest absolute Gasteiger partial charge is 0.305 e. The summed E-state index contributed by atoms with van der Waals surface area (Å²) >= 11 is 3.90. The van der Waals surface area contributed by atoms with Crippen LogP contribution in [-0.4, -0.2) is 98.4 Å². The van der Waals surface area contributed by atoms with Gasteiger partial charge < -0.3 is 36.8 Å². The second-order valence-corrected chi connectivity index (χ2v) is 12.9. The van der Waals surface area contributed by atoms with Crippen molar-refractivity contribution in [3.05, 3.63) is 66.0 Å². The third-order valence-corrected chi connectivity index (χ3v) is 7.89. The second-order valence-electron chi connectivity index (χ2n) is 12.6. The number of aliphatic carboxylic acids is 2. The standard InChI is InChI=1S/C35H46N6O10S/c1-20(2)12-24(38-33(49)28(17-32(47)48)41-34(50)26(37-21(3)42)14-23-10-7-11-36-18-23)15-30(44)39-27(13-22-8-5-4-6-9-22)35(51)40-25(16-31(45)46)29(43)19-52/h4-11,18,20,24-28,52H,12-17,19H2,1-3H3,(H,37,42)(H,38,49)(H,39,44)(H,40,51)(H,41,50)(H,45,46)(H,47,48)/t24-,25-,26-,27-,28-/m0/s1. The number of hydrogen-bond acceptors (Lipinski definition) is 10. The van der Waals surface area contributed by atoms with E-state index in [0.29, 0.717) is 11.1 Å². The van der Waals surface area contributed by atoms with E-state index in [1.807, 2.05) is 13.8 Å². The van der Waals surface area contributed by atoms with E-state index in [1.54, 1.807) is 42.5 Å². The van der Waals surface area contributed by atoms with Crippen molar-refractivity contribution in [1.82, 2.24) is 31.6 Å². The van der Waals surface area contributed by atoms with Crippen molar-refractivity contribution in [3.63, 3.8) is 0 Å². The van der Waals surface area contributed by atoms with Crippen molar-refractivity contribution in [2.75, 3.05) is 5.75 Å². The Morgan fingerprint density at radius 1 is 0.673 bits per heavy atom. The van der Waals surface area contributed by atoms with E-state index in [2.05, 4.69) is 44.2 Å². The molecule has 2 aromatic rings. The number of ketones is 1. The van der Waals surface area contributed by atoms with Crippen LogP contribution in [0.1, 0.15) is 57.6 Å². The van der Waals surface area contributed by atoms with Gasteiger partial charge in [-0.3, -0.25) is 43.3 Å². The van der Waals surface area contributed by atoms with Gasteiger partial charge in [0.1, 0.15) is 18.1 Å². The number of carbonyl (C=O) groups is 8. The Balaban J connectivity index is 2.26. The molecule has 0 bridgehead atoms. The molecular formula is C35H46N6O10S. The van der Waals surface area contributed by atoms with Crippen LogP contribution < -0.4 is 26.6 Å². The first-order valence-corrected chi connectivity index (χ1v) is 17.2. The number of nitrogens with one attached hydrogen (secondary N) is 5. The zero-order chi connectivity index (χ0) is 38.8. The lowest BCUT2D eigenvalue weighted by molar-refractivity contribution is -0.141. The van der Waals surface area contributed by atoms with Crippen molar-refractivity contribution >= 4 is 59.9 Å². The highest BCUT2D eigenvalue weighted by molar-refractivity contribution is 7.81. The number of hydrogen-bond donors (Lipinski definition) is 8. The molecular weight excluding hydrogens is 696 g/mol. The summed E-state index contributed by atoms with van der Waals surface area (Å²) in [6.07, 6.45) is 1.40. The van der Waals surface area contributed by atoms with E-state index in [9.17, 15) is 48.6 Å². The van der Waals surface area contributed by atoms with Crippen LogP contribution in [0.5, 0.6) is 0 Å². The minimum absolute atomic E-state index is 0.00832. The van der Waals surface area contributed by atoms with Gasteiger partial charge >= 0.3 is 11.9 Å².